The second-order valence-electron chi connectivity index (χ2n) is 5.06. The summed E-state index contributed by atoms with van der Waals surface area (Å²) in [6, 6.07) is 0. The fourth-order valence-electron chi connectivity index (χ4n) is 1.79. The minimum atomic E-state index is -1.43. The van der Waals surface area contributed by atoms with E-state index in [1.807, 2.05) is 0 Å². The van der Waals surface area contributed by atoms with Gasteiger partial charge in [0.15, 0.2) is 0 Å². The average molecular weight is 198 g/mol. The van der Waals surface area contributed by atoms with Crippen molar-refractivity contribution in [3.05, 3.63) is 11.8 Å². The highest BCUT2D eigenvalue weighted by molar-refractivity contribution is 6.70. The number of fused-ring (bicyclic) bond motifs is 1. The fourth-order valence-corrected chi connectivity index (χ4v) is 2.70. The summed E-state index contributed by atoms with van der Waals surface area (Å²) in [5.74, 6) is 1.79. The highest BCUT2D eigenvalue weighted by Gasteiger charge is 2.49. The van der Waals surface area contributed by atoms with Crippen molar-refractivity contribution in [3.63, 3.8) is 0 Å². The van der Waals surface area contributed by atoms with Gasteiger partial charge in [-0.1, -0.05) is 6.92 Å². The van der Waals surface area contributed by atoms with Crippen molar-refractivity contribution < 1.29 is 9.16 Å². The summed E-state index contributed by atoms with van der Waals surface area (Å²) in [7, 11) is -1.43. The Morgan fingerprint density at radius 2 is 2.15 bits per heavy atom. The van der Waals surface area contributed by atoms with Gasteiger partial charge in [-0.25, -0.2) is 0 Å². The van der Waals surface area contributed by atoms with E-state index >= 15 is 0 Å². The highest BCUT2D eigenvalue weighted by atomic mass is 28.4. The standard InChI is InChI=1S/C10H18O2Si/c1-7-5-6-8(10-9(7)11-10)12-13(2,3)4/h6-7,9-10H,5H2,1-4H3/t7-,9+,10-/m1/s1. The molecule has 0 spiro atoms. The van der Waals surface area contributed by atoms with E-state index in [0.717, 1.165) is 12.2 Å². The van der Waals surface area contributed by atoms with Gasteiger partial charge in [0.05, 0.1) is 6.10 Å². The molecule has 1 heterocycles. The van der Waals surface area contributed by atoms with E-state index in [1.54, 1.807) is 0 Å². The molecule has 0 aromatic carbocycles. The first-order valence-corrected chi connectivity index (χ1v) is 8.43. The lowest BCUT2D eigenvalue weighted by molar-refractivity contribution is 0.318. The van der Waals surface area contributed by atoms with Crippen molar-refractivity contribution in [2.24, 2.45) is 5.92 Å². The molecule has 74 valence electrons. The second kappa shape index (κ2) is 2.85. The summed E-state index contributed by atoms with van der Waals surface area (Å²) in [6.07, 6.45) is 4.09. The van der Waals surface area contributed by atoms with Crippen LogP contribution in [0.1, 0.15) is 13.3 Å². The van der Waals surface area contributed by atoms with Crippen LogP contribution >= 0.6 is 0 Å². The van der Waals surface area contributed by atoms with E-state index < -0.39 is 8.32 Å². The van der Waals surface area contributed by atoms with Gasteiger partial charge in [-0.05, 0) is 38.1 Å². The molecule has 1 fully saturated rings. The summed E-state index contributed by atoms with van der Waals surface area (Å²) in [4.78, 5) is 0. The largest absolute Gasteiger partial charge is 0.546 e. The molecule has 1 aliphatic carbocycles. The van der Waals surface area contributed by atoms with Gasteiger partial charge < -0.3 is 9.16 Å². The van der Waals surface area contributed by atoms with Crippen LogP contribution in [-0.4, -0.2) is 20.5 Å². The minimum absolute atomic E-state index is 0.301. The van der Waals surface area contributed by atoms with E-state index in [-0.39, 0.29) is 0 Å². The Balaban J connectivity index is 2.02. The molecule has 0 radical (unpaired) electrons. The Hall–Kier alpha value is -0.283. The molecule has 0 aromatic heterocycles. The monoisotopic (exact) mass is 198 g/mol. The molecule has 0 unspecified atom stereocenters. The second-order valence-corrected chi connectivity index (χ2v) is 9.48. The van der Waals surface area contributed by atoms with Crippen LogP contribution < -0.4 is 0 Å². The van der Waals surface area contributed by atoms with Crippen LogP contribution in [0, 0.1) is 5.92 Å². The number of rotatable bonds is 2. The van der Waals surface area contributed by atoms with Gasteiger partial charge in [-0.2, -0.15) is 0 Å². The maximum Gasteiger partial charge on any atom is 0.241 e. The molecular weight excluding hydrogens is 180 g/mol. The van der Waals surface area contributed by atoms with Crippen molar-refractivity contribution in [1.29, 1.82) is 0 Å². The van der Waals surface area contributed by atoms with Crippen LogP contribution in [0.25, 0.3) is 0 Å². The zero-order valence-electron chi connectivity index (χ0n) is 8.83. The summed E-state index contributed by atoms with van der Waals surface area (Å²) in [5, 5.41) is 0. The van der Waals surface area contributed by atoms with Crippen LogP contribution in [0.4, 0.5) is 0 Å². The Bertz CT molecular complexity index is 242. The van der Waals surface area contributed by atoms with Crippen molar-refractivity contribution >= 4 is 8.32 Å². The van der Waals surface area contributed by atoms with Crippen LogP contribution in [0.5, 0.6) is 0 Å². The summed E-state index contributed by atoms with van der Waals surface area (Å²) in [5.41, 5.74) is 0. The average Bonchev–Trinajstić information content (AvgIpc) is 2.71. The molecule has 2 rings (SSSR count). The zero-order chi connectivity index (χ0) is 9.64. The van der Waals surface area contributed by atoms with Crippen molar-refractivity contribution in [2.45, 2.75) is 45.2 Å². The van der Waals surface area contributed by atoms with Crippen LogP contribution in [-0.2, 0) is 9.16 Å². The van der Waals surface area contributed by atoms with Crippen LogP contribution in [0.3, 0.4) is 0 Å². The first-order chi connectivity index (χ1) is 5.97. The van der Waals surface area contributed by atoms with Gasteiger partial charge in [-0.15, -0.1) is 0 Å². The van der Waals surface area contributed by atoms with Crippen LogP contribution in [0.15, 0.2) is 11.8 Å². The Labute approximate surface area is 81.1 Å². The smallest absolute Gasteiger partial charge is 0.241 e. The molecule has 1 saturated heterocycles. The number of hydrogen-bond acceptors (Lipinski definition) is 2. The molecule has 0 saturated carbocycles. The van der Waals surface area contributed by atoms with E-state index in [4.69, 9.17) is 9.16 Å². The molecule has 3 heteroatoms. The summed E-state index contributed by atoms with van der Waals surface area (Å²) < 4.78 is 11.5. The Kier molecular flexibility index (Phi) is 2.04. The third-order valence-electron chi connectivity index (χ3n) is 2.48. The fraction of sp³-hybridized carbons (Fsp3) is 0.800. The normalized spacial score (nSPS) is 37.8. The van der Waals surface area contributed by atoms with Gasteiger partial charge in [0.25, 0.3) is 0 Å². The highest BCUT2D eigenvalue weighted by Crippen LogP contribution is 2.41. The number of epoxide rings is 1. The van der Waals surface area contributed by atoms with Gasteiger partial charge in [0, 0.05) is 0 Å². The van der Waals surface area contributed by atoms with E-state index in [1.165, 1.54) is 0 Å². The molecule has 0 amide bonds. The molecule has 2 aliphatic rings. The molecule has 1 aliphatic heterocycles. The van der Waals surface area contributed by atoms with Gasteiger partial charge in [-0.3, -0.25) is 0 Å². The lowest BCUT2D eigenvalue weighted by atomic mass is 9.95. The van der Waals surface area contributed by atoms with E-state index in [9.17, 15) is 0 Å². The zero-order valence-corrected chi connectivity index (χ0v) is 9.83. The Morgan fingerprint density at radius 3 is 2.77 bits per heavy atom. The van der Waals surface area contributed by atoms with Crippen molar-refractivity contribution in [1.82, 2.24) is 0 Å². The van der Waals surface area contributed by atoms with Gasteiger partial charge >= 0.3 is 0 Å². The molecular formula is C10H18O2Si. The van der Waals surface area contributed by atoms with Gasteiger partial charge in [0.1, 0.15) is 11.9 Å². The molecule has 0 aromatic rings. The summed E-state index contributed by atoms with van der Waals surface area (Å²) in [6.45, 7) is 8.88. The molecule has 0 bridgehead atoms. The lowest BCUT2D eigenvalue weighted by Crippen LogP contribution is -2.28. The minimum Gasteiger partial charge on any atom is -0.546 e. The first-order valence-electron chi connectivity index (χ1n) is 5.02. The number of allylic oxidation sites excluding steroid dienone is 1. The van der Waals surface area contributed by atoms with E-state index in [2.05, 4.69) is 32.6 Å². The summed E-state index contributed by atoms with van der Waals surface area (Å²) >= 11 is 0. The SMILES string of the molecule is C[C@@H]1CC=C(O[Si](C)(C)C)[C@H]2O[C@@H]12. The number of ether oxygens (including phenoxy) is 1. The lowest BCUT2D eigenvalue weighted by Gasteiger charge is -2.23. The number of hydrogen-bond donors (Lipinski definition) is 0. The van der Waals surface area contributed by atoms with E-state index in [0.29, 0.717) is 18.1 Å². The molecule has 3 atom stereocenters. The topological polar surface area (TPSA) is 21.8 Å². The predicted octanol–water partition coefficient (Wildman–Crippen LogP) is 2.53. The maximum absolute atomic E-state index is 5.96. The first kappa shape index (κ1) is 9.28. The van der Waals surface area contributed by atoms with Crippen LogP contribution in [0.2, 0.25) is 19.6 Å². The predicted molar refractivity (Wildman–Crippen MR) is 55.0 cm³/mol. The van der Waals surface area contributed by atoms with Crippen molar-refractivity contribution in [2.75, 3.05) is 0 Å². The maximum atomic E-state index is 5.96. The molecule has 2 nitrogen and oxygen atoms in total. The molecule has 13 heavy (non-hydrogen) atoms. The Morgan fingerprint density at radius 1 is 1.46 bits per heavy atom. The third-order valence-corrected chi connectivity index (χ3v) is 3.33. The quantitative estimate of drug-likeness (QED) is 0.502. The van der Waals surface area contributed by atoms with Crippen molar-refractivity contribution in [3.8, 4) is 0 Å². The van der Waals surface area contributed by atoms with Gasteiger partial charge in [0.2, 0.25) is 8.32 Å². The third kappa shape index (κ3) is 1.97. The molecule has 0 N–H and O–H groups in total.